The molecule has 0 bridgehead atoms. The van der Waals surface area contributed by atoms with Crippen LogP contribution >= 0.6 is 0 Å². The second kappa shape index (κ2) is 7.78. The van der Waals surface area contributed by atoms with E-state index in [9.17, 15) is 4.79 Å². The lowest BCUT2D eigenvalue weighted by Crippen LogP contribution is -2.40. The van der Waals surface area contributed by atoms with Gasteiger partial charge in [0.25, 0.3) is 0 Å². The van der Waals surface area contributed by atoms with Crippen LogP contribution in [0.5, 0.6) is 0 Å². The zero-order valence-electron chi connectivity index (χ0n) is 15.8. The van der Waals surface area contributed by atoms with Gasteiger partial charge in [0.05, 0.1) is 6.61 Å². The van der Waals surface area contributed by atoms with Crippen molar-refractivity contribution in [2.45, 2.75) is 19.4 Å². The fourth-order valence-electron chi connectivity index (χ4n) is 3.60. The summed E-state index contributed by atoms with van der Waals surface area (Å²) in [5, 5.41) is 0. The molecule has 2 N–H and O–H groups in total. The number of urea groups is 1. The minimum atomic E-state index is -0.458. The lowest BCUT2D eigenvalue weighted by atomic mass is 9.99. The van der Waals surface area contributed by atoms with Gasteiger partial charge in [0, 0.05) is 48.9 Å². The molecule has 6 heteroatoms. The molecule has 2 aromatic heterocycles. The number of hydrogen-bond donors (Lipinski definition) is 1. The van der Waals surface area contributed by atoms with Gasteiger partial charge >= 0.3 is 6.03 Å². The topological polar surface area (TPSA) is 81.3 Å². The third-order valence-electron chi connectivity index (χ3n) is 4.94. The van der Waals surface area contributed by atoms with E-state index in [4.69, 9.17) is 10.5 Å². The predicted molar refractivity (Wildman–Crippen MR) is 109 cm³/mol. The first kappa shape index (κ1) is 18.1. The van der Waals surface area contributed by atoms with Crippen LogP contribution in [0.4, 0.5) is 10.6 Å². The van der Waals surface area contributed by atoms with E-state index in [-0.39, 0.29) is 0 Å². The van der Waals surface area contributed by atoms with Gasteiger partial charge in [-0.15, -0.1) is 0 Å². The number of methoxy groups -OCH3 is 1. The number of fused-ring (bicyclic) bond motifs is 1. The average molecular weight is 374 g/mol. The first-order chi connectivity index (χ1) is 13.7. The molecule has 142 valence electrons. The Morgan fingerprint density at radius 2 is 1.89 bits per heavy atom. The van der Waals surface area contributed by atoms with Crippen LogP contribution in [0.1, 0.15) is 17.5 Å². The summed E-state index contributed by atoms with van der Waals surface area (Å²) in [6, 6.07) is 12.0. The number of benzene rings is 1. The Morgan fingerprint density at radius 3 is 2.68 bits per heavy atom. The molecular formula is C22H22N4O2. The number of carbonyl (C=O) groups is 1. The molecule has 3 aromatic rings. The molecule has 2 amide bonds. The maximum atomic E-state index is 11.6. The van der Waals surface area contributed by atoms with Crippen molar-refractivity contribution in [1.29, 1.82) is 0 Å². The third kappa shape index (κ3) is 3.59. The van der Waals surface area contributed by atoms with Crippen LogP contribution in [-0.4, -0.2) is 29.7 Å². The van der Waals surface area contributed by atoms with E-state index >= 15 is 0 Å². The maximum absolute atomic E-state index is 11.6. The third-order valence-corrected chi connectivity index (χ3v) is 4.94. The number of nitrogens with two attached hydrogens (primary N) is 1. The minimum absolute atomic E-state index is 0.458. The van der Waals surface area contributed by atoms with Gasteiger partial charge in [-0.3, -0.25) is 9.88 Å². The summed E-state index contributed by atoms with van der Waals surface area (Å²) in [6.45, 7) is 1.19. The van der Waals surface area contributed by atoms with E-state index in [1.165, 1.54) is 0 Å². The van der Waals surface area contributed by atoms with Gasteiger partial charge in [0.15, 0.2) is 0 Å². The van der Waals surface area contributed by atoms with Gasteiger partial charge in [-0.05, 0) is 47.7 Å². The summed E-state index contributed by atoms with van der Waals surface area (Å²) in [5.74, 6) is 0.666. The number of rotatable bonds is 4. The average Bonchev–Trinajstić information content (AvgIpc) is 2.73. The molecule has 1 aliphatic rings. The van der Waals surface area contributed by atoms with Crippen molar-refractivity contribution < 1.29 is 9.53 Å². The zero-order valence-corrected chi connectivity index (χ0v) is 15.8. The van der Waals surface area contributed by atoms with E-state index in [2.05, 4.69) is 34.2 Å². The van der Waals surface area contributed by atoms with E-state index in [1.54, 1.807) is 18.2 Å². The monoisotopic (exact) mass is 374 g/mol. The van der Waals surface area contributed by atoms with Crippen LogP contribution in [0.15, 0.2) is 55.0 Å². The van der Waals surface area contributed by atoms with E-state index in [1.807, 2.05) is 24.5 Å². The number of aromatic nitrogens is 2. The fourth-order valence-corrected chi connectivity index (χ4v) is 3.60. The van der Waals surface area contributed by atoms with Crippen molar-refractivity contribution in [2.24, 2.45) is 5.73 Å². The molecule has 0 aliphatic carbocycles. The molecule has 0 spiro atoms. The Morgan fingerprint density at radius 1 is 1.11 bits per heavy atom. The van der Waals surface area contributed by atoms with Crippen LogP contribution in [-0.2, 0) is 17.8 Å². The van der Waals surface area contributed by atoms with Gasteiger partial charge in [-0.25, -0.2) is 9.78 Å². The van der Waals surface area contributed by atoms with Crippen LogP contribution < -0.4 is 10.6 Å². The van der Waals surface area contributed by atoms with Crippen LogP contribution in [0, 0.1) is 0 Å². The quantitative estimate of drug-likeness (QED) is 0.753. The maximum Gasteiger partial charge on any atom is 0.320 e. The number of amides is 2. The van der Waals surface area contributed by atoms with Crippen molar-refractivity contribution >= 4 is 11.8 Å². The molecule has 0 saturated carbocycles. The minimum Gasteiger partial charge on any atom is -0.380 e. The summed E-state index contributed by atoms with van der Waals surface area (Å²) in [6.07, 6.45) is 7.23. The van der Waals surface area contributed by atoms with Gasteiger partial charge in [0.2, 0.25) is 0 Å². The zero-order chi connectivity index (χ0) is 19.5. The Bertz CT molecular complexity index is 1020. The van der Waals surface area contributed by atoms with Gasteiger partial charge in [-0.2, -0.15) is 0 Å². The van der Waals surface area contributed by atoms with E-state index < -0.39 is 6.03 Å². The predicted octanol–water partition coefficient (Wildman–Crippen LogP) is 3.79. The molecule has 0 saturated heterocycles. The first-order valence-corrected chi connectivity index (χ1v) is 9.25. The molecule has 0 fully saturated rings. The Labute approximate surface area is 164 Å². The second-order valence-corrected chi connectivity index (χ2v) is 6.90. The number of nitrogens with zero attached hydrogens (tertiary/aromatic N) is 3. The normalized spacial score (nSPS) is 13.2. The molecule has 1 aliphatic heterocycles. The lowest BCUT2D eigenvalue weighted by Gasteiger charge is -2.26. The van der Waals surface area contributed by atoms with Crippen LogP contribution in [0.25, 0.3) is 22.3 Å². The number of anilines is 1. The molecule has 0 atom stereocenters. The molecule has 4 rings (SSSR count). The highest BCUT2D eigenvalue weighted by Gasteiger charge is 2.22. The van der Waals surface area contributed by atoms with Crippen molar-refractivity contribution in [3.63, 3.8) is 0 Å². The van der Waals surface area contributed by atoms with Crippen LogP contribution in [0.2, 0.25) is 0 Å². The van der Waals surface area contributed by atoms with Crippen molar-refractivity contribution in [3.8, 4) is 22.3 Å². The fraction of sp³-hybridized carbons (Fsp3) is 0.227. The van der Waals surface area contributed by atoms with E-state index in [0.29, 0.717) is 19.0 Å². The number of primary amides is 1. The second-order valence-electron chi connectivity index (χ2n) is 6.90. The summed E-state index contributed by atoms with van der Waals surface area (Å²) in [7, 11) is 1.69. The summed E-state index contributed by atoms with van der Waals surface area (Å²) < 4.78 is 5.23. The Kier molecular flexibility index (Phi) is 5.04. The van der Waals surface area contributed by atoms with E-state index in [0.717, 1.165) is 46.2 Å². The van der Waals surface area contributed by atoms with Crippen molar-refractivity contribution in [2.75, 3.05) is 18.6 Å². The van der Waals surface area contributed by atoms with Crippen molar-refractivity contribution in [1.82, 2.24) is 9.97 Å². The molecular weight excluding hydrogens is 352 g/mol. The SMILES string of the molecule is COCc1cccc(-c2cncc(-c3cnc4c(c3)CCCN4C(N)=O)c2)c1. The summed E-state index contributed by atoms with van der Waals surface area (Å²) in [5.41, 5.74) is 11.7. The van der Waals surface area contributed by atoms with Gasteiger partial charge < -0.3 is 10.5 Å². The molecule has 28 heavy (non-hydrogen) atoms. The summed E-state index contributed by atoms with van der Waals surface area (Å²) >= 11 is 0. The molecule has 0 unspecified atom stereocenters. The highest BCUT2D eigenvalue weighted by molar-refractivity contribution is 5.91. The Balaban J connectivity index is 1.69. The Hall–Kier alpha value is -3.25. The number of pyridine rings is 2. The number of ether oxygens (including phenoxy) is 1. The van der Waals surface area contributed by atoms with Gasteiger partial charge in [0.1, 0.15) is 5.82 Å². The highest BCUT2D eigenvalue weighted by Crippen LogP contribution is 2.31. The number of hydrogen-bond acceptors (Lipinski definition) is 4. The molecule has 1 aromatic carbocycles. The number of carbonyl (C=O) groups excluding carboxylic acids is 1. The lowest BCUT2D eigenvalue weighted by molar-refractivity contribution is 0.185. The standard InChI is InChI=1S/C22H22N4O2/c1-28-14-15-4-2-5-16(8-15)18-10-19(12-24-11-18)20-9-17-6-3-7-26(22(23)27)21(17)25-13-20/h2,4-5,8-13H,3,6-7,14H2,1H3,(H2,23,27). The molecule has 0 radical (unpaired) electrons. The smallest absolute Gasteiger partial charge is 0.320 e. The number of aryl methyl sites for hydroxylation is 1. The highest BCUT2D eigenvalue weighted by atomic mass is 16.5. The summed E-state index contributed by atoms with van der Waals surface area (Å²) in [4.78, 5) is 22.1. The van der Waals surface area contributed by atoms with Crippen molar-refractivity contribution in [3.05, 3.63) is 66.1 Å². The van der Waals surface area contributed by atoms with Gasteiger partial charge in [-0.1, -0.05) is 18.2 Å². The van der Waals surface area contributed by atoms with Crippen LogP contribution in [0.3, 0.4) is 0 Å². The largest absolute Gasteiger partial charge is 0.380 e. The molecule has 6 nitrogen and oxygen atoms in total. The molecule has 3 heterocycles. The first-order valence-electron chi connectivity index (χ1n) is 9.25.